The van der Waals surface area contributed by atoms with Crippen LogP contribution in [0.1, 0.15) is 67.9 Å². The first-order chi connectivity index (χ1) is 45.3. The SMILES string of the molecule is C.C.C.CCC(=O)Nc1ccc(CC(CN(CCN(CC(=O)[O-])CC(=O)O)CC(=O)O)N(CC(=O)[O-])CC(=O)[O-])cc1.CCCC(=O)CN(CCN(CC(=O)[O-])CC(=O)[O-])CCN(CC(=O)[O-])CC(=O)O.CCNC(=O)CN(CCN(CCN(CC(=O)[O-])CC(=O)O)CC(=O)O)CC(=O)[O-]. The van der Waals surface area contributed by atoms with Gasteiger partial charge >= 0.3 is 29.8 Å². The summed E-state index contributed by atoms with van der Waals surface area (Å²) in [6.45, 7) is -3.17. The lowest BCUT2D eigenvalue weighted by molar-refractivity contribution is -0.313. The molecule has 40 nitrogen and oxygen atoms in total. The van der Waals surface area contributed by atoms with Gasteiger partial charge in [-0.3, -0.25) is 82.5 Å². The van der Waals surface area contributed by atoms with Crippen molar-refractivity contribution in [2.45, 2.75) is 74.8 Å². The third-order valence-electron chi connectivity index (χ3n) is 12.9. The van der Waals surface area contributed by atoms with E-state index in [1.54, 1.807) is 43.0 Å². The smallest absolute Gasteiger partial charge is 0.317 e. The molecule has 0 aliphatic heterocycles. The normalized spacial score (nSPS) is 11.1. The fourth-order valence-corrected chi connectivity index (χ4v) is 8.87. The number of aliphatic carboxylic acids is 13. The van der Waals surface area contributed by atoms with Crippen LogP contribution < -0.4 is 51.5 Å². The summed E-state index contributed by atoms with van der Waals surface area (Å²) >= 11 is 0. The second kappa shape index (κ2) is 56.5. The zero-order chi connectivity index (χ0) is 74.3. The maximum absolute atomic E-state index is 12.0. The molecule has 0 aliphatic carbocycles. The lowest BCUT2D eigenvalue weighted by Crippen LogP contribution is -2.54. The first-order valence-corrected chi connectivity index (χ1v) is 29.7. The molecule has 0 radical (unpaired) electrons. The van der Waals surface area contributed by atoms with Gasteiger partial charge in [-0.1, -0.05) is 48.3 Å². The van der Waals surface area contributed by atoms with Crippen LogP contribution in [0.4, 0.5) is 5.69 Å². The number of hydrogen-bond donors (Lipinski definition) is 7. The first-order valence-electron chi connectivity index (χ1n) is 29.7. The second-order valence-electron chi connectivity index (χ2n) is 21.4. The molecule has 0 bridgehead atoms. The van der Waals surface area contributed by atoms with Crippen molar-refractivity contribution >= 4 is 101 Å². The van der Waals surface area contributed by atoms with Crippen molar-refractivity contribution in [1.82, 2.24) is 49.4 Å². The van der Waals surface area contributed by atoms with Crippen molar-refractivity contribution in [2.75, 3.05) is 182 Å². The van der Waals surface area contributed by atoms with Crippen molar-refractivity contribution in [1.29, 1.82) is 0 Å². The number of ketones is 1. The minimum atomic E-state index is -1.58. The van der Waals surface area contributed by atoms with Crippen molar-refractivity contribution in [3.8, 4) is 0 Å². The monoisotopic (exact) mass is 1430 g/mol. The molecule has 0 aromatic heterocycles. The Morgan fingerprint density at radius 1 is 0.360 bits per heavy atom. The number of benzene rings is 1. The van der Waals surface area contributed by atoms with Gasteiger partial charge in [0.15, 0.2) is 0 Å². The Bertz CT molecular complexity index is 2620. The van der Waals surface area contributed by atoms with E-state index in [-0.39, 0.29) is 132 Å². The highest BCUT2D eigenvalue weighted by Gasteiger charge is 2.26. The molecule has 7 N–H and O–H groups in total. The van der Waals surface area contributed by atoms with Gasteiger partial charge in [-0.15, -0.1) is 0 Å². The van der Waals surface area contributed by atoms with Gasteiger partial charge in [-0.25, -0.2) is 0 Å². The standard InChI is InChI=1S/C24H34N4O11.C17H29N3O9.C16H28N4O9.3CH4/c1-2-19(29)25-17-5-3-16(4-6-17)9-18(28(14-23(36)37)15-24(38)39)10-26(11-20(30)31)7-8-27(12-21(32)33)13-22(34)35;1-2-3-13(21)8-18(4-6-19(9-14(22)23)10-15(24)25)5-7-20(11-16(26)27)12-17(28)29;1-2-17-12(21)7-19(9-14(24)25)5-3-18(8-13(22)23)4-6-20(10-15(26)27)11-16(28)29;;;/h3-6,18H,2,7-15H2,1H3,(H,25,29)(H,30,31)(H,32,33)(H,34,35)(H,36,37)(H,38,39);2-12H2,1H3,(H,22,23)(H,24,25)(H,26,27)(H,28,29);2-11H2,1H3,(H,17,21)(H,22,23)(H,24,25)(H,26,27)(H,28,29);3*1H4/p-8. The van der Waals surface area contributed by atoms with Crippen LogP contribution in [-0.2, 0) is 83.1 Å². The molecule has 1 unspecified atom stereocenters. The van der Waals surface area contributed by atoms with Crippen molar-refractivity contribution in [3.05, 3.63) is 29.8 Å². The van der Waals surface area contributed by atoms with Gasteiger partial charge in [-0.05, 0) is 37.5 Å². The van der Waals surface area contributed by atoms with Crippen molar-refractivity contribution < 1.29 is 143 Å². The number of carboxylic acid groups (broad SMARTS) is 13. The number of anilines is 1. The lowest BCUT2D eigenvalue weighted by Gasteiger charge is -2.36. The molecule has 0 fully saturated rings. The molecular weight excluding hydrogens is 1340 g/mol. The van der Waals surface area contributed by atoms with Crippen LogP contribution in [0.5, 0.6) is 0 Å². The molecule has 0 saturated heterocycles. The number of nitrogens with one attached hydrogen (secondary N) is 2. The van der Waals surface area contributed by atoms with E-state index in [2.05, 4.69) is 10.6 Å². The van der Waals surface area contributed by atoms with Gasteiger partial charge < -0.3 is 115 Å². The molecule has 1 rings (SSSR count). The van der Waals surface area contributed by atoms with Crippen molar-refractivity contribution in [3.63, 3.8) is 0 Å². The number of rotatable bonds is 55. The molecule has 572 valence electrons. The van der Waals surface area contributed by atoms with E-state index in [4.69, 9.17) is 20.4 Å². The molecule has 100 heavy (non-hydrogen) atoms. The number of amides is 2. The van der Waals surface area contributed by atoms with Gasteiger partial charge in [0, 0.05) is 155 Å². The zero-order valence-electron chi connectivity index (χ0n) is 53.9. The molecule has 40 heteroatoms. The quantitative estimate of drug-likeness (QED) is 0.0318. The number of carboxylic acids is 13. The van der Waals surface area contributed by atoms with E-state index in [1.165, 1.54) is 14.7 Å². The average molecular weight is 1430 g/mol. The zero-order valence-corrected chi connectivity index (χ0v) is 53.9. The van der Waals surface area contributed by atoms with E-state index in [1.807, 2.05) is 6.92 Å². The predicted octanol–water partition coefficient (Wildman–Crippen LogP) is -13.5. The minimum Gasteiger partial charge on any atom is -0.549 e. The summed E-state index contributed by atoms with van der Waals surface area (Å²) in [6.07, 6.45) is 1.23. The Morgan fingerprint density at radius 3 is 0.940 bits per heavy atom. The number of Topliss-reactive ketones (excluding diaryl/α,β-unsaturated/α-hetero) is 1. The lowest BCUT2D eigenvalue weighted by atomic mass is 10.0. The predicted molar refractivity (Wildman–Crippen MR) is 333 cm³/mol. The highest BCUT2D eigenvalue weighted by molar-refractivity contribution is 5.90. The summed E-state index contributed by atoms with van der Waals surface area (Å²) in [6, 6.07) is 5.56. The van der Waals surface area contributed by atoms with E-state index >= 15 is 0 Å². The Balaban J connectivity index is -0.000000452. The molecule has 2 amide bonds. The van der Waals surface area contributed by atoms with E-state index in [0.29, 0.717) is 30.6 Å². The number of likely N-dealkylation sites (N-methyl/N-ethyl adjacent to an activating group) is 1. The highest BCUT2D eigenvalue weighted by Crippen LogP contribution is 2.16. The minimum absolute atomic E-state index is 0. The van der Waals surface area contributed by atoms with Crippen LogP contribution in [-0.4, -0.2) is 348 Å². The van der Waals surface area contributed by atoms with Crippen LogP contribution in [0.25, 0.3) is 0 Å². The van der Waals surface area contributed by atoms with Crippen LogP contribution in [0.15, 0.2) is 24.3 Å². The molecule has 0 saturated carbocycles. The molecule has 0 aliphatic rings. The Labute approximate surface area is 578 Å². The van der Waals surface area contributed by atoms with Crippen LogP contribution in [0.2, 0.25) is 0 Å². The van der Waals surface area contributed by atoms with Gasteiger partial charge in [0.2, 0.25) is 11.8 Å². The first kappa shape index (κ1) is 99.2. The summed E-state index contributed by atoms with van der Waals surface area (Å²) in [5, 5.41) is 138. The number of carbonyl (C=O) groups excluding carboxylic acids is 11. The van der Waals surface area contributed by atoms with Crippen LogP contribution >= 0.6 is 0 Å². The van der Waals surface area contributed by atoms with Crippen LogP contribution in [0, 0.1) is 0 Å². The molecular formula is C60H95N11O29-8. The summed E-state index contributed by atoms with van der Waals surface area (Å²) < 4.78 is 0. The number of hydrogen-bond acceptors (Lipinski definition) is 33. The Kier molecular flexibility index (Phi) is 56.0. The third-order valence-corrected chi connectivity index (χ3v) is 12.9. The number of carbonyl (C=O) groups is 16. The van der Waals surface area contributed by atoms with E-state index in [9.17, 15) is 123 Å². The third kappa shape index (κ3) is 56.6. The topological polar surface area (TPSA) is 612 Å². The van der Waals surface area contributed by atoms with Gasteiger partial charge in [-0.2, -0.15) is 0 Å². The average Bonchev–Trinajstić information content (AvgIpc) is 0.855. The number of nitrogens with zero attached hydrogens (tertiary/aromatic N) is 9. The summed E-state index contributed by atoms with van der Waals surface area (Å²) in [5.41, 5.74) is 1.11. The van der Waals surface area contributed by atoms with Gasteiger partial charge in [0.05, 0.1) is 93.6 Å². The second-order valence-corrected chi connectivity index (χ2v) is 21.4. The Hall–Kier alpha value is -9.42. The molecule has 1 aromatic rings. The molecule has 0 heterocycles. The van der Waals surface area contributed by atoms with Gasteiger partial charge in [0.1, 0.15) is 5.78 Å². The fraction of sp³-hybridized carbons (Fsp3) is 0.633. The summed E-state index contributed by atoms with van der Waals surface area (Å²) in [5.74, 6) is -18.9. The summed E-state index contributed by atoms with van der Waals surface area (Å²) in [4.78, 5) is 189. The van der Waals surface area contributed by atoms with Crippen LogP contribution in [0.3, 0.4) is 0 Å². The Morgan fingerprint density at radius 2 is 0.640 bits per heavy atom. The highest BCUT2D eigenvalue weighted by atomic mass is 16.4. The van der Waals surface area contributed by atoms with Gasteiger partial charge in [0.25, 0.3) is 0 Å². The molecule has 1 atom stereocenters. The van der Waals surface area contributed by atoms with E-state index < -0.39 is 175 Å². The van der Waals surface area contributed by atoms with E-state index in [0.717, 1.165) is 24.5 Å². The summed E-state index contributed by atoms with van der Waals surface area (Å²) in [7, 11) is 0. The molecule has 1 aromatic carbocycles. The van der Waals surface area contributed by atoms with Crippen molar-refractivity contribution in [2.24, 2.45) is 0 Å². The maximum Gasteiger partial charge on any atom is 0.317 e. The maximum atomic E-state index is 12.0. The largest absolute Gasteiger partial charge is 0.549 e. The molecule has 0 spiro atoms. The fourth-order valence-electron chi connectivity index (χ4n) is 8.87.